The van der Waals surface area contributed by atoms with Gasteiger partial charge in [0.1, 0.15) is 18.3 Å². The Morgan fingerprint density at radius 3 is 2.44 bits per heavy atom. The topological polar surface area (TPSA) is 148 Å². The normalized spacial score (nSPS) is 18.4. The van der Waals surface area contributed by atoms with Crippen LogP contribution in [0.1, 0.15) is 72.9 Å². The Kier molecular flexibility index (Phi) is 8.62. The predicted octanol–water partition coefficient (Wildman–Crippen LogP) is 5.73. The van der Waals surface area contributed by atoms with Crippen molar-refractivity contribution in [2.45, 2.75) is 84.5 Å². The predicted molar refractivity (Wildman–Crippen MR) is 157 cm³/mol. The molecule has 13 nitrogen and oxygen atoms in total. The van der Waals surface area contributed by atoms with Crippen molar-refractivity contribution < 1.29 is 23.9 Å². The van der Waals surface area contributed by atoms with Crippen LogP contribution in [0.15, 0.2) is 28.2 Å². The number of likely N-dealkylation sites (tertiary alicyclic amines) is 1. The van der Waals surface area contributed by atoms with E-state index < -0.39 is 23.4 Å². The first-order valence-corrected chi connectivity index (χ1v) is 14.1. The molecule has 222 valence electrons. The second-order valence-corrected chi connectivity index (χ2v) is 12.7. The van der Waals surface area contributed by atoms with Gasteiger partial charge in [-0.1, -0.05) is 5.16 Å². The van der Waals surface area contributed by atoms with E-state index in [1.807, 2.05) is 27.7 Å². The summed E-state index contributed by atoms with van der Waals surface area (Å²) >= 11 is 3.69. The average molecular weight is 634 g/mol. The number of oxime groups is 1. The summed E-state index contributed by atoms with van der Waals surface area (Å²) in [5.74, 6) is 0.150. The van der Waals surface area contributed by atoms with Gasteiger partial charge in [-0.05, 0) is 77.2 Å². The van der Waals surface area contributed by atoms with E-state index >= 15 is 0 Å². The van der Waals surface area contributed by atoms with Gasteiger partial charge in [-0.25, -0.2) is 14.6 Å². The Bertz CT molecular complexity index is 1440. The van der Waals surface area contributed by atoms with Crippen LogP contribution in [0.3, 0.4) is 0 Å². The highest BCUT2D eigenvalue weighted by Crippen LogP contribution is 2.39. The molecule has 0 unspecified atom stereocenters. The number of hydrogen-bond acceptors (Lipinski definition) is 9. The number of H-pyrrole nitrogens is 1. The fraction of sp³-hybridized carbons (Fsp3) is 0.556. The number of anilines is 1. The smallest absolute Gasteiger partial charge is 0.413 e. The second kappa shape index (κ2) is 11.7. The number of aromatic nitrogens is 5. The number of carbonyl (C=O) groups is 2. The van der Waals surface area contributed by atoms with Gasteiger partial charge in [0, 0.05) is 29.8 Å². The number of amides is 2. The molecule has 2 amide bonds. The molecule has 3 aromatic rings. The number of nitrogens with zero attached hydrogens (tertiary/aromatic N) is 6. The molecule has 1 aliphatic rings. The van der Waals surface area contributed by atoms with Crippen molar-refractivity contribution in [1.82, 2.24) is 29.7 Å². The molecular formula is C27H37BrN8O5. The Hall–Kier alpha value is -3.68. The molecule has 1 aliphatic heterocycles. The van der Waals surface area contributed by atoms with E-state index in [0.717, 1.165) is 11.1 Å². The highest BCUT2D eigenvalue weighted by molar-refractivity contribution is 9.10. The molecule has 0 aliphatic carbocycles. The first-order chi connectivity index (χ1) is 19.2. The Morgan fingerprint density at radius 2 is 1.83 bits per heavy atom. The van der Waals surface area contributed by atoms with Gasteiger partial charge in [0.05, 0.1) is 34.3 Å². The molecule has 0 bridgehead atoms. The van der Waals surface area contributed by atoms with E-state index in [1.165, 1.54) is 7.11 Å². The highest BCUT2D eigenvalue weighted by Gasteiger charge is 2.38. The number of ether oxygens (including phenoxy) is 2. The van der Waals surface area contributed by atoms with E-state index in [1.54, 1.807) is 48.8 Å². The van der Waals surface area contributed by atoms with E-state index in [2.05, 4.69) is 41.7 Å². The summed E-state index contributed by atoms with van der Waals surface area (Å²) < 4.78 is 13.4. The van der Waals surface area contributed by atoms with Crippen LogP contribution >= 0.6 is 15.9 Å². The minimum atomic E-state index is -0.703. The van der Waals surface area contributed by atoms with Gasteiger partial charge in [0.25, 0.3) is 0 Å². The maximum absolute atomic E-state index is 13.4. The third-order valence-corrected chi connectivity index (χ3v) is 7.14. The van der Waals surface area contributed by atoms with Crippen LogP contribution in [0.5, 0.6) is 0 Å². The molecule has 41 heavy (non-hydrogen) atoms. The fourth-order valence-corrected chi connectivity index (χ4v) is 5.41. The fourth-order valence-electron chi connectivity index (χ4n) is 4.73. The number of hydrogen-bond donors (Lipinski definition) is 2. The van der Waals surface area contributed by atoms with Crippen molar-refractivity contribution >= 4 is 45.3 Å². The van der Waals surface area contributed by atoms with Crippen molar-refractivity contribution in [2.24, 2.45) is 5.16 Å². The average Bonchev–Trinajstić information content (AvgIpc) is 3.53. The quantitative estimate of drug-likeness (QED) is 0.267. The van der Waals surface area contributed by atoms with Crippen LogP contribution in [0.2, 0.25) is 0 Å². The largest absolute Gasteiger partial charge is 0.444 e. The van der Waals surface area contributed by atoms with Gasteiger partial charge in [-0.2, -0.15) is 14.7 Å². The van der Waals surface area contributed by atoms with Gasteiger partial charge in [0.15, 0.2) is 11.5 Å². The summed E-state index contributed by atoms with van der Waals surface area (Å²) in [6.07, 6.45) is 5.28. The zero-order valence-corrected chi connectivity index (χ0v) is 26.2. The van der Waals surface area contributed by atoms with Crippen LogP contribution in [-0.2, 0) is 14.3 Å². The molecule has 4 rings (SSSR count). The lowest BCUT2D eigenvalue weighted by Gasteiger charge is -2.40. The van der Waals surface area contributed by atoms with Crippen LogP contribution in [0, 0.1) is 0 Å². The van der Waals surface area contributed by atoms with Crippen LogP contribution in [-0.4, -0.2) is 78.5 Å². The zero-order valence-electron chi connectivity index (χ0n) is 24.6. The molecule has 2 N–H and O–H groups in total. The molecule has 14 heteroatoms. The van der Waals surface area contributed by atoms with E-state index in [9.17, 15) is 9.59 Å². The lowest BCUT2D eigenvalue weighted by Crippen LogP contribution is -2.51. The molecule has 3 aromatic heterocycles. The molecule has 0 aromatic carbocycles. The maximum atomic E-state index is 13.4. The molecule has 0 saturated carbocycles. The van der Waals surface area contributed by atoms with Crippen molar-refractivity contribution in [3.8, 4) is 11.1 Å². The minimum absolute atomic E-state index is 0.209. The molecule has 4 heterocycles. The standard InChI is InChI=1S/C27H37BrN8O5/c1-15(34-39-8)19-10-9-16(14-35(19)25(38)41-27(5,6)7)21-20(28)23(33-24(37)40-26(2,3)4)36-22(32-21)18(13-31-36)17-11-29-30-12-17/h11-13,16,19H,9-10,14H2,1-8H3,(H,29,30)(H,33,37)/b34-15+/t16-,19-/m0/s1. The number of rotatable bonds is 5. The molecule has 0 radical (unpaired) electrons. The maximum Gasteiger partial charge on any atom is 0.413 e. The van der Waals surface area contributed by atoms with E-state index in [0.29, 0.717) is 46.7 Å². The molecule has 1 saturated heterocycles. The van der Waals surface area contributed by atoms with Crippen molar-refractivity contribution in [2.75, 3.05) is 19.0 Å². The summed E-state index contributed by atoms with van der Waals surface area (Å²) in [5.41, 5.74) is 1.96. The number of nitrogens with one attached hydrogen (secondary N) is 2. The van der Waals surface area contributed by atoms with Crippen LogP contribution < -0.4 is 5.32 Å². The molecule has 2 atom stereocenters. The number of carbonyl (C=O) groups excluding carboxylic acids is 2. The summed E-state index contributed by atoms with van der Waals surface area (Å²) in [4.78, 5) is 38.0. The summed E-state index contributed by atoms with van der Waals surface area (Å²) in [6, 6.07) is -0.306. The third-order valence-electron chi connectivity index (χ3n) is 6.36. The highest BCUT2D eigenvalue weighted by atomic mass is 79.9. The molecule has 1 fully saturated rings. The van der Waals surface area contributed by atoms with E-state index in [4.69, 9.17) is 19.3 Å². The number of halogens is 1. The molecular weight excluding hydrogens is 596 g/mol. The van der Waals surface area contributed by atoms with Crippen molar-refractivity contribution in [3.05, 3.63) is 28.8 Å². The monoisotopic (exact) mass is 632 g/mol. The lowest BCUT2D eigenvalue weighted by molar-refractivity contribution is 0.0140. The van der Waals surface area contributed by atoms with Crippen molar-refractivity contribution in [1.29, 1.82) is 0 Å². The van der Waals surface area contributed by atoms with Gasteiger partial charge < -0.3 is 14.3 Å². The Morgan fingerprint density at radius 1 is 1.12 bits per heavy atom. The first kappa shape index (κ1) is 30.3. The Labute approximate surface area is 247 Å². The summed E-state index contributed by atoms with van der Waals surface area (Å²) in [7, 11) is 1.48. The van der Waals surface area contributed by atoms with Gasteiger partial charge in [-0.3, -0.25) is 15.3 Å². The third kappa shape index (κ3) is 6.97. The van der Waals surface area contributed by atoms with Crippen LogP contribution in [0.4, 0.5) is 15.4 Å². The summed E-state index contributed by atoms with van der Waals surface area (Å²) in [6.45, 7) is 13.0. The summed E-state index contributed by atoms with van der Waals surface area (Å²) in [5, 5.41) is 18.3. The minimum Gasteiger partial charge on any atom is -0.444 e. The Balaban J connectivity index is 1.80. The lowest BCUT2D eigenvalue weighted by atomic mass is 9.88. The zero-order chi connectivity index (χ0) is 30.1. The second-order valence-electron chi connectivity index (χ2n) is 11.9. The number of fused-ring (bicyclic) bond motifs is 1. The first-order valence-electron chi connectivity index (χ1n) is 13.3. The molecule has 0 spiro atoms. The van der Waals surface area contributed by atoms with Crippen LogP contribution in [0.25, 0.3) is 16.8 Å². The van der Waals surface area contributed by atoms with Gasteiger partial charge in [0.2, 0.25) is 0 Å². The van der Waals surface area contributed by atoms with Crippen molar-refractivity contribution in [3.63, 3.8) is 0 Å². The van der Waals surface area contributed by atoms with Gasteiger partial charge >= 0.3 is 12.2 Å². The SMILES string of the molecule is CO/N=C(\C)[C@@H]1CC[C@H](c2nc3c(-c4cn[nH]c4)cnn3c(NC(=O)OC(C)(C)C)c2Br)CN1C(=O)OC(C)(C)C. The number of piperidine rings is 1. The van der Waals surface area contributed by atoms with Gasteiger partial charge in [-0.15, -0.1) is 0 Å². The number of aromatic amines is 1. The van der Waals surface area contributed by atoms with E-state index in [-0.39, 0.29) is 12.0 Å².